The molecule has 100 valence electrons. The molecule has 1 amide bonds. The normalized spacial score (nSPS) is 23.2. The highest BCUT2D eigenvalue weighted by Gasteiger charge is 2.30. The van der Waals surface area contributed by atoms with Crippen LogP contribution >= 0.6 is 0 Å². The second kappa shape index (κ2) is 4.97. The largest absolute Gasteiger partial charge is 0.395 e. The third-order valence-corrected chi connectivity index (χ3v) is 3.37. The molecule has 1 aromatic heterocycles. The summed E-state index contributed by atoms with van der Waals surface area (Å²) in [5.41, 5.74) is 7.09. The number of hydrogen-bond donors (Lipinski definition) is 3. The van der Waals surface area contributed by atoms with Crippen molar-refractivity contribution in [1.29, 1.82) is 0 Å². The number of H-pyrrole nitrogens is 1. The molecule has 1 unspecified atom stereocenters. The number of carbonyl (C=O) groups excluding carboxylic acids is 1. The number of amides is 1. The van der Waals surface area contributed by atoms with Crippen LogP contribution in [-0.2, 0) is 11.2 Å². The summed E-state index contributed by atoms with van der Waals surface area (Å²) in [7, 11) is 0. The molecule has 1 atom stereocenters. The number of nitrogen functional groups attached to an aromatic ring is 1. The van der Waals surface area contributed by atoms with Crippen LogP contribution in [0.2, 0.25) is 0 Å². The summed E-state index contributed by atoms with van der Waals surface area (Å²) in [5.74, 6) is -0.250. The lowest BCUT2D eigenvalue weighted by Crippen LogP contribution is -2.40. The summed E-state index contributed by atoms with van der Waals surface area (Å²) in [6.07, 6.45) is 2.73. The Balaban J connectivity index is 1.97. The van der Waals surface area contributed by atoms with E-state index >= 15 is 0 Å². The van der Waals surface area contributed by atoms with E-state index in [1.165, 1.54) is 0 Å². The van der Waals surface area contributed by atoms with Crippen molar-refractivity contribution in [2.75, 3.05) is 18.9 Å². The average Bonchev–Trinajstić information content (AvgIpc) is 2.93. The number of aromatic amines is 1. The van der Waals surface area contributed by atoms with Crippen molar-refractivity contribution in [2.24, 2.45) is 0 Å². The van der Waals surface area contributed by atoms with Crippen LogP contribution in [0, 0.1) is 0 Å². The van der Waals surface area contributed by atoms with Gasteiger partial charge in [-0.3, -0.25) is 9.89 Å². The van der Waals surface area contributed by atoms with Gasteiger partial charge in [-0.1, -0.05) is 6.92 Å². The lowest BCUT2D eigenvalue weighted by atomic mass is 10.0. The molecule has 0 bridgehead atoms. The van der Waals surface area contributed by atoms with Gasteiger partial charge < -0.3 is 15.8 Å². The summed E-state index contributed by atoms with van der Waals surface area (Å²) in [6.45, 7) is 5.21. The summed E-state index contributed by atoms with van der Waals surface area (Å²) in [6, 6.07) is 0. The molecule has 1 aromatic rings. The highest BCUT2D eigenvalue weighted by Crippen LogP contribution is 2.24. The van der Waals surface area contributed by atoms with Gasteiger partial charge in [0.25, 0.3) is 5.91 Å². The molecule has 18 heavy (non-hydrogen) atoms. The first-order chi connectivity index (χ1) is 8.56. The van der Waals surface area contributed by atoms with Crippen molar-refractivity contribution in [3.8, 4) is 0 Å². The van der Waals surface area contributed by atoms with Crippen LogP contribution in [0.1, 0.15) is 42.9 Å². The number of anilines is 1. The van der Waals surface area contributed by atoms with Gasteiger partial charge in [-0.05, 0) is 26.2 Å². The van der Waals surface area contributed by atoms with E-state index in [1.807, 2.05) is 13.8 Å². The van der Waals surface area contributed by atoms with Gasteiger partial charge in [0.2, 0.25) is 0 Å². The third kappa shape index (κ3) is 2.48. The Morgan fingerprint density at radius 3 is 3.00 bits per heavy atom. The number of nitrogens with zero attached hydrogens (tertiary/aromatic N) is 1. The lowest BCUT2D eigenvalue weighted by Gasteiger charge is -2.23. The van der Waals surface area contributed by atoms with E-state index in [4.69, 9.17) is 10.5 Å². The molecule has 6 nitrogen and oxygen atoms in total. The van der Waals surface area contributed by atoms with Gasteiger partial charge in [0.05, 0.1) is 17.0 Å². The molecule has 6 heteroatoms. The van der Waals surface area contributed by atoms with E-state index in [-0.39, 0.29) is 17.2 Å². The first-order valence-electron chi connectivity index (χ1n) is 6.30. The molecular weight excluding hydrogens is 232 g/mol. The Morgan fingerprint density at radius 1 is 1.67 bits per heavy atom. The van der Waals surface area contributed by atoms with Crippen molar-refractivity contribution in [2.45, 2.75) is 38.7 Å². The SMILES string of the molecule is CCc1[nH]nc(C(=O)NCC2(C)CCCO2)c1N. The lowest BCUT2D eigenvalue weighted by molar-refractivity contribution is 0.0205. The summed E-state index contributed by atoms with van der Waals surface area (Å²) >= 11 is 0. The van der Waals surface area contributed by atoms with Crippen LogP contribution in [-0.4, -0.2) is 34.9 Å². The highest BCUT2D eigenvalue weighted by atomic mass is 16.5. The summed E-state index contributed by atoms with van der Waals surface area (Å²) < 4.78 is 5.61. The first kappa shape index (κ1) is 12.9. The van der Waals surface area contributed by atoms with E-state index in [9.17, 15) is 4.79 Å². The van der Waals surface area contributed by atoms with Gasteiger partial charge in [-0.2, -0.15) is 5.10 Å². The molecule has 0 saturated carbocycles. The van der Waals surface area contributed by atoms with E-state index in [2.05, 4.69) is 15.5 Å². The molecule has 1 saturated heterocycles. The second-order valence-corrected chi connectivity index (χ2v) is 4.90. The maximum absolute atomic E-state index is 12.0. The molecule has 2 rings (SSSR count). The Kier molecular flexibility index (Phi) is 3.56. The number of rotatable bonds is 4. The Labute approximate surface area is 106 Å². The molecular formula is C12H20N4O2. The van der Waals surface area contributed by atoms with Crippen LogP contribution < -0.4 is 11.1 Å². The quantitative estimate of drug-likeness (QED) is 0.740. The minimum atomic E-state index is -0.256. The van der Waals surface area contributed by atoms with Gasteiger partial charge in [0.1, 0.15) is 0 Å². The zero-order chi connectivity index (χ0) is 13.2. The Hall–Kier alpha value is -1.56. The minimum absolute atomic E-state index is 0.250. The smallest absolute Gasteiger partial charge is 0.274 e. The van der Waals surface area contributed by atoms with Crippen LogP contribution in [0.25, 0.3) is 0 Å². The van der Waals surface area contributed by atoms with Crippen molar-refractivity contribution in [3.05, 3.63) is 11.4 Å². The van der Waals surface area contributed by atoms with Crippen molar-refractivity contribution >= 4 is 11.6 Å². The zero-order valence-electron chi connectivity index (χ0n) is 10.9. The molecule has 0 aliphatic carbocycles. The number of carbonyl (C=O) groups is 1. The van der Waals surface area contributed by atoms with Crippen LogP contribution in [0.4, 0.5) is 5.69 Å². The molecule has 0 spiro atoms. The van der Waals surface area contributed by atoms with Crippen molar-refractivity contribution in [3.63, 3.8) is 0 Å². The van der Waals surface area contributed by atoms with Crippen molar-refractivity contribution in [1.82, 2.24) is 15.5 Å². The Morgan fingerprint density at radius 2 is 2.44 bits per heavy atom. The molecule has 0 radical (unpaired) electrons. The molecule has 1 fully saturated rings. The van der Waals surface area contributed by atoms with Gasteiger partial charge in [0, 0.05) is 13.2 Å². The van der Waals surface area contributed by atoms with E-state index < -0.39 is 0 Å². The third-order valence-electron chi connectivity index (χ3n) is 3.37. The van der Waals surface area contributed by atoms with E-state index in [1.54, 1.807) is 0 Å². The topological polar surface area (TPSA) is 93.0 Å². The first-order valence-corrected chi connectivity index (χ1v) is 6.30. The summed E-state index contributed by atoms with van der Waals surface area (Å²) in [5, 5.41) is 9.56. The molecule has 0 aromatic carbocycles. The standard InChI is InChI=1S/C12H20N4O2/c1-3-8-9(13)10(16-15-8)11(17)14-7-12(2)5-4-6-18-12/h3-7,13H2,1-2H3,(H,14,17)(H,15,16). The Bertz CT molecular complexity index is 435. The fraction of sp³-hybridized carbons (Fsp3) is 0.667. The monoisotopic (exact) mass is 252 g/mol. The fourth-order valence-electron chi connectivity index (χ4n) is 2.16. The van der Waals surface area contributed by atoms with Gasteiger partial charge >= 0.3 is 0 Å². The fourth-order valence-corrected chi connectivity index (χ4v) is 2.16. The minimum Gasteiger partial charge on any atom is -0.395 e. The van der Waals surface area contributed by atoms with Crippen LogP contribution in [0.3, 0.4) is 0 Å². The number of ether oxygens (including phenoxy) is 1. The molecule has 4 N–H and O–H groups in total. The maximum atomic E-state index is 12.0. The van der Waals surface area contributed by atoms with Crippen LogP contribution in [0.15, 0.2) is 0 Å². The number of nitrogens with two attached hydrogens (primary N) is 1. The molecule has 2 heterocycles. The van der Waals surface area contributed by atoms with Gasteiger partial charge in [0.15, 0.2) is 5.69 Å². The zero-order valence-corrected chi connectivity index (χ0v) is 10.9. The predicted octanol–water partition coefficient (Wildman–Crippen LogP) is 0.853. The second-order valence-electron chi connectivity index (χ2n) is 4.90. The van der Waals surface area contributed by atoms with Gasteiger partial charge in [-0.15, -0.1) is 0 Å². The molecule has 1 aliphatic rings. The van der Waals surface area contributed by atoms with Gasteiger partial charge in [-0.25, -0.2) is 0 Å². The highest BCUT2D eigenvalue weighted by molar-refractivity contribution is 5.97. The number of aryl methyl sites for hydroxylation is 1. The van der Waals surface area contributed by atoms with E-state index in [0.29, 0.717) is 12.2 Å². The average molecular weight is 252 g/mol. The van der Waals surface area contributed by atoms with E-state index in [0.717, 1.165) is 31.6 Å². The number of nitrogens with one attached hydrogen (secondary N) is 2. The predicted molar refractivity (Wildman–Crippen MR) is 68.3 cm³/mol. The molecule has 1 aliphatic heterocycles. The maximum Gasteiger partial charge on any atom is 0.274 e. The summed E-state index contributed by atoms with van der Waals surface area (Å²) in [4.78, 5) is 12.0. The van der Waals surface area contributed by atoms with Crippen molar-refractivity contribution < 1.29 is 9.53 Å². The number of hydrogen-bond acceptors (Lipinski definition) is 4. The van der Waals surface area contributed by atoms with Crippen LogP contribution in [0.5, 0.6) is 0 Å². The number of aromatic nitrogens is 2.